The molecule has 150 valence electrons. The van der Waals surface area contributed by atoms with Gasteiger partial charge in [-0.1, -0.05) is 30.3 Å². The van der Waals surface area contributed by atoms with E-state index in [0.717, 1.165) is 11.3 Å². The fourth-order valence-corrected chi connectivity index (χ4v) is 3.26. The highest BCUT2D eigenvalue weighted by Crippen LogP contribution is 2.28. The van der Waals surface area contributed by atoms with Gasteiger partial charge in [0.05, 0.1) is 18.4 Å². The second-order valence-electron chi connectivity index (χ2n) is 8.53. The van der Waals surface area contributed by atoms with E-state index in [-0.39, 0.29) is 5.91 Å². The smallest absolute Gasteiger partial charge is 0.411 e. The summed E-state index contributed by atoms with van der Waals surface area (Å²) < 4.78 is 7.28. The summed E-state index contributed by atoms with van der Waals surface area (Å²) in [6, 6.07) is 10.0. The van der Waals surface area contributed by atoms with Crippen LogP contribution in [0.15, 0.2) is 42.7 Å². The van der Waals surface area contributed by atoms with Crippen molar-refractivity contribution in [3.8, 4) is 0 Å². The van der Waals surface area contributed by atoms with E-state index in [4.69, 9.17) is 4.74 Å². The Hall–Kier alpha value is -2.83. The molecule has 1 aromatic heterocycles. The summed E-state index contributed by atoms with van der Waals surface area (Å²) in [7, 11) is 0. The lowest BCUT2D eigenvalue weighted by atomic mass is 9.98. The molecular weight excluding hydrogens is 356 g/mol. The number of rotatable bonds is 3. The van der Waals surface area contributed by atoms with Gasteiger partial charge in [-0.25, -0.2) is 4.79 Å². The van der Waals surface area contributed by atoms with E-state index < -0.39 is 17.2 Å². The van der Waals surface area contributed by atoms with Crippen molar-refractivity contribution in [3.05, 3.63) is 48.3 Å². The van der Waals surface area contributed by atoms with Crippen LogP contribution in [0, 0.1) is 0 Å². The van der Waals surface area contributed by atoms with Crippen molar-refractivity contribution in [2.24, 2.45) is 0 Å². The molecule has 0 saturated carbocycles. The quantitative estimate of drug-likeness (QED) is 0.814. The number of benzene rings is 1. The van der Waals surface area contributed by atoms with E-state index >= 15 is 0 Å². The summed E-state index contributed by atoms with van der Waals surface area (Å²) in [6.07, 6.45) is 3.09. The molecule has 0 atom stereocenters. The van der Waals surface area contributed by atoms with Crippen LogP contribution in [0.25, 0.3) is 0 Å². The number of aromatic nitrogens is 2. The third kappa shape index (κ3) is 4.18. The Labute approximate surface area is 165 Å². The molecule has 0 radical (unpaired) electrons. The molecule has 3 rings (SSSR count). The van der Waals surface area contributed by atoms with Crippen LogP contribution in [0.3, 0.4) is 0 Å². The molecular formula is C21H28N4O3. The highest BCUT2D eigenvalue weighted by Gasteiger charge is 2.46. The molecule has 0 spiro atoms. The zero-order chi connectivity index (χ0) is 20.5. The fraction of sp³-hybridized carbons (Fsp3) is 0.476. The molecule has 0 N–H and O–H groups in total. The van der Waals surface area contributed by atoms with E-state index in [1.54, 1.807) is 24.9 Å². The third-order valence-electron chi connectivity index (χ3n) is 4.72. The number of amides is 2. The molecule has 28 heavy (non-hydrogen) atoms. The van der Waals surface area contributed by atoms with E-state index in [2.05, 4.69) is 5.10 Å². The maximum Gasteiger partial charge on any atom is 0.411 e. The number of carbonyl (C=O) groups excluding carboxylic acids is 2. The fourth-order valence-electron chi connectivity index (χ4n) is 3.26. The number of nitrogens with zero attached hydrogens (tertiary/aromatic N) is 4. The van der Waals surface area contributed by atoms with Gasteiger partial charge in [-0.15, -0.1) is 0 Å². The van der Waals surface area contributed by atoms with Gasteiger partial charge in [-0.05, 0) is 40.2 Å². The Morgan fingerprint density at radius 2 is 1.86 bits per heavy atom. The molecule has 2 heterocycles. The van der Waals surface area contributed by atoms with Gasteiger partial charge in [-0.2, -0.15) is 5.10 Å². The van der Waals surface area contributed by atoms with Crippen LogP contribution in [0.2, 0.25) is 0 Å². The normalized spacial score (nSPS) is 17.0. The van der Waals surface area contributed by atoms with Crippen LogP contribution in [-0.2, 0) is 16.1 Å². The van der Waals surface area contributed by atoms with Gasteiger partial charge < -0.3 is 9.64 Å². The van der Waals surface area contributed by atoms with Gasteiger partial charge in [0.1, 0.15) is 11.1 Å². The van der Waals surface area contributed by atoms with E-state index in [1.165, 1.54) is 4.90 Å². The highest BCUT2D eigenvalue weighted by atomic mass is 16.6. The first-order chi connectivity index (χ1) is 13.1. The largest absolute Gasteiger partial charge is 0.444 e. The van der Waals surface area contributed by atoms with Gasteiger partial charge in [0.15, 0.2) is 0 Å². The van der Waals surface area contributed by atoms with Crippen LogP contribution in [0.5, 0.6) is 0 Å². The first-order valence-electron chi connectivity index (χ1n) is 9.47. The molecule has 2 amide bonds. The third-order valence-corrected chi connectivity index (χ3v) is 4.72. The van der Waals surface area contributed by atoms with Crippen molar-refractivity contribution in [2.45, 2.75) is 52.3 Å². The summed E-state index contributed by atoms with van der Waals surface area (Å²) in [4.78, 5) is 28.9. The van der Waals surface area contributed by atoms with Gasteiger partial charge in [0, 0.05) is 19.3 Å². The number of carbonyl (C=O) groups is 2. The van der Waals surface area contributed by atoms with E-state index in [1.807, 2.05) is 62.0 Å². The SMILES string of the molecule is CC(C)(C)OC(=O)N1CCN(c2cnn(Cc3ccccc3)c2)C(=O)C1(C)C. The summed E-state index contributed by atoms with van der Waals surface area (Å²) >= 11 is 0. The van der Waals surface area contributed by atoms with Gasteiger partial charge in [0.2, 0.25) is 0 Å². The van der Waals surface area contributed by atoms with Crippen LogP contribution < -0.4 is 4.90 Å². The lowest BCUT2D eigenvalue weighted by Crippen LogP contribution is -2.65. The Morgan fingerprint density at radius 1 is 1.18 bits per heavy atom. The Balaban J connectivity index is 1.74. The second kappa shape index (κ2) is 7.30. The number of ether oxygens (including phenoxy) is 1. The monoisotopic (exact) mass is 384 g/mol. The van der Waals surface area contributed by atoms with E-state index in [9.17, 15) is 9.59 Å². The summed E-state index contributed by atoms with van der Waals surface area (Å²) in [5.41, 5.74) is 0.269. The lowest BCUT2D eigenvalue weighted by Gasteiger charge is -2.45. The maximum absolute atomic E-state index is 13.1. The predicted molar refractivity (Wildman–Crippen MR) is 107 cm³/mol. The molecule has 7 heteroatoms. The molecule has 1 aromatic carbocycles. The standard InChI is InChI=1S/C21H28N4O3/c1-20(2,3)28-19(27)25-12-11-24(18(26)21(25,4)5)17-13-22-23(15-17)14-16-9-7-6-8-10-16/h6-10,13,15H,11-12,14H2,1-5H3. The highest BCUT2D eigenvalue weighted by molar-refractivity contribution is 6.02. The molecule has 7 nitrogen and oxygen atoms in total. The summed E-state index contributed by atoms with van der Waals surface area (Å²) in [5, 5.41) is 4.39. The van der Waals surface area contributed by atoms with Crippen molar-refractivity contribution < 1.29 is 14.3 Å². The Morgan fingerprint density at radius 3 is 2.50 bits per heavy atom. The molecule has 1 aliphatic rings. The lowest BCUT2D eigenvalue weighted by molar-refractivity contribution is -0.131. The van der Waals surface area contributed by atoms with Crippen molar-refractivity contribution >= 4 is 17.7 Å². The average Bonchev–Trinajstić information content (AvgIpc) is 3.04. The first-order valence-corrected chi connectivity index (χ1v) is 9.47. The van der Waals surface area contributed by atoms with Gasteiger partial charge >= 0.3 is 6.09 Å². The molecule has 0 bridgehead atoms. The molecule has 1 saturated heterocycles. The molecule has 1 fully saturated rings. The molecule has 0 aliphatic carbocycles. The van der Waals surface area contributed by atoms with Crippen molar-refractivity contribution in [3.63, 3.8) is 0 Å². The summed E-state index contributed by atoms with van der Waals surface area (Å²) in [5.74, 6) is -0.149. The minimum absolute atomic E-state index is 0.149. The number of piperazine rings is 1. The van der Waals surface area contributed by atoms with Crippen LogP contribution in [0.1, 0.15) is 40.2 Å². The van der Waals surface area contributed by atoms with Crippen molar-refractivity contribution in [2.75, 3.05) is 18.0 Å². The van der Waals surface area contributed by atoms with E-state index in [0.29, 0.717) is 19.6 Å². The van der Waals surface area contributed by atoms with Gasteiger partial charge in [-0.3, -0.25) is 14.4 Å². The molecule has 0 unspecified atom stereocenters. The Kier molecular flexibility index (Phi) is 5.19. The number of hydrogen-bond acceptors (Lipinski definition) is 4. The Bertz CT molecular complexity index is 852. The topological polar surface area (TPSA) is 67.7 Å². The van der Waals surface area contributed by atoms with Gasteiger partial charge in [0.25, 0.3) is 5.91 Å². The maximum atomic E-state index is 13.1. The first kappa shape index (κ1) is 19.9. The minimum Gasteiger partial charge on any atom is -0.444 e. The minimum atomic E-state index is -0.998. The van der Waals surface area contributed by atoms with Crippen LogP contribution >= 0.6 is 0 Å². The summed E-state index contributed by atoms with van der Waals surface area (Å²) in [6.45, 7) is 10.4. The predicted octanol–water partition coefficient (Wildman–Crippen LogP) is 3.29. The molecule has 2 aromatic rings. The zero-order valence-electron chi connectivity index (χ0n) is 17.2. The van der Waals surface area contributed by atoms with Crippen molar-refractivity contribution in [1.29, 1.82) is 0 Å². The number of hydrogen-bond donors (Lipinski definition) is 0. The zero-order valence-corrected chi connectivity index (χ0v) is 17.2. The second-order valence-corrected chi connectivity index (χ2v) is 8.53. The van der Waals surface area contributed by atoms with Crippen LogP contribution in [-0.4, -0.2) is 50.9 Å². The molecule has 1 aliphatic heterocycles. The van der Waals surface area contributed by atoms with Crippen molar-refractivity contribution in [1.82, 2.24) is 14.7 Å². The number of anilines is 1. The van der Waals surface area contributed by atoms with Crippen LogP contribution in [0.4, 0.5) is 10.5 Å². The average molecular weight is 384 g/mol.